The van der Waals surface area contributed by atoms with E-state index in [0.29, 0.717) is 48.8 Å². The van der Waals surface area contributed by atoms with E-state index in [0.717, 1.165) is 5.56 Å². The number of carbonyl (C=O) groups excluding carboxylic acids is 3. The molecular formula is C24H26N4O5. The maximum absolute atomic E-state index is 13.2. The van der Waals surface area contributed by atoms with Crippen molar-refractivity contribution < 1.29 is 23.9 Å². The third-order valence-electron chi connectivity index (χ3n) is 6.84. The Morgan fingerprint density at radius 2 is 1.67 bits per heavy atom. The summed E-state index contributed by atoms with van der Waals surface area (Å²) in [6.07, 6.45) is 5.19. The molecule has 2 aromatic rings. The van der Waals surface area contributed by atoms with Crippen molar-refractivity contribution in [3.8, 4) is 22.8 Å². The average molecular weight is 450 g/mol. The first kappa shape index (κ1) is 21.2. The predicted molar refractivity (Wildman–Crippen MR) is 119 cm³/mol. The van der Waals surface area contributed by atoms with E-state index < -0.39 is 0 Å². The molecule has 2 unspecified atom stereocenters. The van der Waals surface area contributed by atoms with E-state index in [1.807, 2.05) is 18.2 Å². The van der Waals surface area contributed by atoms with Crippen LogP contribution in [0.3, 0.4) is 0 Å². The minimum absolute atomic E-state index is 0.0978. The number of methoxy groups -OCH3 is 2. The van der Waals surface area contributed by atoms with Crippen LogP contribution in [0.4, 0.5) is 0 Å². The molecule has 0 saturated carbocycles. The summed E-state index contributed by atoms with van der Waals surface area (Å²) in [6.45, 7) is 0.679. The fraction of sp³-hybridized carbons (Fsp3) is 0.417. The van der Waals surface area contributed by atoms with E-state index in [1.165, 1.54) is 9.58 Å². The number of ether oxygens (including phenoxy) is 2. The van der Waals surface area contributed by atoms with Gasteiger partial charge in [-0.1, -0.05) is 12.2 Å². The SMILES string of the molecule is COc1ccc(OC)c(-c2cc(C(=O)N3CC(N4C(=O)C5CC=CCC5C4=O)C3)n(C)n2)c1. The molecule has 33 heavy (non-hydrogen) atoms. The van der Waals surface area contributed by atoms with Crippen molar-refractivity contribution in [1.82, 2.24) is 19.6 Å². The molecule has 2 atom stereocenters. The maximum Gasteiger partial charge on any atom is 0.272 e. The molecule has 9 nitrogen and oxygen atoms in total. The van der Waals surface area contributed by atoms with Gasteiger partial charge in [0.25, 0.3) is 5.91 Å². The van der Waals surface area contributed by atoms with Crippen LogP contribution in [0.15, 0.2) is 36.4 Å². The molecule has 1 aromatic carbocycles. The molecule has 2 aliphatic heterocycles. The average Bonchev–Trinajstić information content (AvgIpc) is 3.31. The Morgan fingerprint density at radius 1 is 1.00 bits per heavy atom. The minimum Gasteiger partial charge on any atom is -0.497 e. The van der Waals surface area contributed by atoms with E-state index in [9.17, 15) is 14.4 Å². The molecule has 2 fully saturated rings. The third kappa shape index (κ3) is 3.39. The summed E-state index contributed by atoms with van der Waals surface area (Å²) in [6, 6.07) is 6.87. The van der Waals surface area contributed by atoms with Crippen molar-refractivity contribution >= 4 is 17.7 Å². The summed E-state index contributed by atoms with van der Waals surface area (Å²) in [7, 11) is 4.88. The lowest BCUT2D eigenvalue weighted by molar-refractivity contribution is -0.145. The molecule has 1 aliphatic carbocycles. The largest absolute Gasteiger partial charge is 0.497 e. The highest BCUT2D eigenvalue weighted by molar-refractivity contribution is 6.06. The molecule has 1 aromatic heterocycles. The summed E-state index contributed by atoms with van der Waals surface area (Å²) >= 11 is 0. The van der Waals surface area contributed by atoms with Crippen LogP contribution in [-0.4, -0.2) is 70.7 Å². The Kier molecular flexibility index (Phi) is 5.19. The van der Waals surface area contributed by atoms with Gasteiger partial charge in [0.15, 0.2) is 0 Å². The molecule has 2 saturated heterocycles. The number of benzene rings is 1. The highest BCUT2D eigenvalue weighted by Gasteiger charge is 2.52. The topological polar surface area (TPSA) is 94.0 Å². The molecule has 3 aliphatic rings. The maximum atomic E-state index is 13.2. The van der Waals surface area contributed by atoms with Crippen LogP contribution in [-0.2, 0) is 16.6 Å². The second-order valence-corrected chi connectivity index (χ2v) is 8.67. The zero-order valence-electron chi connectivity index (χ0n) is 18.9. The molecular weight excluding hydrogens is 424 g/mol. The minimum atomic E-state index is -0.259. The number of likely N-dealkylation sites (tertiary alicyclic amines) is 2. The fourth-order valence-electron chi connectivity index (χ4n) is 4.95. The van der Waals surface area contributed by atoms with Crippen LogP contribution in [0.5, 0.6) is 11.5 Å². The monoisotopic (exact) mass is 450 g/mol. The first-order valence-corrected chi connectivity index (χ1v) is 11.0. The number of aromatic nitrogens is 2. The molecule has 5 rings (SSSR count). The van der Waals surface area contributed by atoms with E-state index in [-0.39, 0.29) is 35.6 Å². The second kappa shape index (κ2) is 8.06. The number of amides is 3. The van der Waals surface area contributed by atoms with Crippen molar-refractivity contribution in [1.29, 1.82) is 0 Å². The summed E-state index contributed by atoms with van der Waals surface area (Å²) in [5.74, 6) is 0.408. The van der Waals surface area contributed by atoms with E-state index in [1.54, 1.807) is 44.4 Å². The summed E-state index contributed by atoms with van der Waals surface area (Å²) in [5.41, 5.74) is 1.73. The molecule has 0 N–H and O–H groups in total. The smallest absolute Gasteiger partial charge is 0.272 e. The van der Waals surface area contributed by atoms with E-state index >= 15 is 0 Å². The van der Waals surface area contributed by atoms with Crippen molar-refractivity contribution in [2.24, 2.45) is 18.9 Å². The number of fused-ring (bicyclic) bond motifs is 1. The van der Waals surface area contributed by atoms with Crippen molar-refractivity contribution in [3.63, 3.8) is 0 Å². The van der Waals surface area contributed by atoms with Crippen LogP contribution in [0.25, 0.3) is 11.3 Å². The van der Waals surface area contributed by atoms with Crippen molar-refractivity contribution in [2.75, 3.05) is 27.3 Å². The lowest BCUT2D eigenvalue weighted by atomic mass is 9.85. The Labute approximate surface area is 191 Å². The van der Waals surface area contributed by atoms with Gasteiger partial charge in [0.05, 0.1) is 37.8 Å². The Bertz CT molecular complexity index is 1140. The van der Waals surface area contributed by atoms with Gasteiger partial charge in [0, 0.05) is 25.7 Å². The lowest BCUT2D eigenvalue weighted by Crippen LogP contribution is -2.62. The summed E-state index contributed by atoms with van der Waals surface area (Å²) < 4.78 is 12.3. The summed E-state index contributed by atoms with van der Waals surface area (Å²) in [5, 5.41) is 4.50. The second-order valence-electron chi connectivity index (χ2n) is 8.67. The number of rotatable bonds is 5. The lowest BCUT2D eigenvalue weighted by Gasteiger charge is -2.43. The Morgan fingerprint density at radius 3 is 2.27 bits per heavy atom. The van der Waals surface area contributed by atoms with Crippen molar-refractivity contribution in [3.05, 3.63) is 42.1 Å². The van der Waals surface area contributed by atoms with Gasteiger partial charge in [-0.15, -0.1) is 0 Å². The number of imide groups is 1. The highest BCUT2D eigenvalue weighted by Crippen LogP contribution is 2.38. The zero-order valence-corrected chi connectivity index (χ0v) is 18.9. The van der Waals surface area contributed by atoms with Crippen LogP contribution in [0, 0.1) is 11.8 Å². The Balaban J connectivity index is 1.31. The quantitative estimate of drug-likeness (QED) is 0.510. The highest BCUT2D eigenvalue weighted by atomic mass is 16.5. The van der Waals surface area contributed by atoms with Crippen LogP contribution in [0.1, 0.15) is 23.3 Å². The van der Waals surface area contributed by atoms with Crippen LogP contribution >= 0.6 is 0 Å². The third-order valence-corrected chi connectivity index (χ3v) is 6.84. The summed E-state index contributed by atoms with van der Waals surface area (Å²) in [4.78, 5) is 41.8. The number of aryl methyl sites for hydroxylation is 1. The number of hydrogen-bond donors (Lipinski definition) is 0. The molecule has 0 radical (unpaired) electrons. The molecule has 0 spiro atoms. The van der Waals surface area contributed by atoms with Gasteiger partial charge in [-0.2, -0.15) is 5.10 Å². The van der Waals surface area contributed by atoms with E-state index in [2.05, 4.69) is 5.10 Å². The first-order valence-electron chi connectivity index (χ1n) is 11.0. The van der Waals surface area contributed by atoms with Gasteiger partial charge in [0.1, 0.15) is 17.2 Å². The normalized spacial score (nSPS) is 22.4. The number of carbonyl (C=O) groups is 3. The molecule has 172 valence electrons. The zero-order chi connectivity index (χ0) is 23.3. The predicted octanol–water partition coefficient (Wildman–Crippen LogP) is 1.88. The first-order chi connectivity index (χ1) is 15.9. The number of nitrogens with zero attached hydrogens (tertiary/aromatic N) is 4. The van der Waals surface area contributed by atoms with Gasteiger partial charge in [-0.05, 0) is 37.1 Å². The van der Waals surface area contributed by atoms with Gasteiger partial charge < -0.3 is 14.4 Å². The van der Waals surface area contributed by atoms with Gasteiger partial charge in [-0.3, -0.25) is 24.0 Å². The van der Waals surface area contributed by atoms with Gasteiger partial charge >= 0.3 is 0 Å². The number of allylic oxidation sites excluding steroid dienone is 2. The van der Waals surface area contributed by atoms with Crippen LogP contribution in [0.2, 0.25) is 0 Å². The fourth-order valence-corrected chi connectivity index (χ4v) is 4.95. The van der Waals surface area contributed by atoms with Crippen LogP contribution < -0.4 is 9.47 Å². The van der Waals surface area contributed by atoms with E-state index in [4.69, 9.17) is 9.47 Å². The standard InChI is InChI=1S/C24H26N4O5/c1-26-20(11-19(25-26)18-10-15(32-2)8-9-21(18)33-3)24(31)27-12-14(13-27)28-22(29)16-6-4-5-7-17(16)23(28)30/h4-5,8-11,14,16-17H,6-7,12-13H2,1-3H3. The molecule has 3 heterocycles. The Hall–Kier alpha value is -3.62. The van der Waals surface area contributed by atoms with Crippen molar-refractivity contribution in [2.45, 2.75) is 18.9 Å². The molecule has 0 bridgehead atoms. The molecule has 3 amide bonds. The van der Waals surface area contributed by atoms with Gasteiger partial charge in [0.2, 0.25) is 11.8 Å². The molecule has 9 heteroatoms. The number of hydrogen-bond acceptors (Lipinski definition) is 6. The van der Waals surface area contributed by atoms with Gasteiger partial charge in [-0.25, -0.2) is 0 Å².